The summed E-state index contributed by atoms with van der Waals surface area (Å²) in [5.74, 6) is -0.782. The lowest BCUT2D eigenvalue weighted by molar-refractivity contribution is -0.137. The Hall–Kier alpha value is -3.74. The number of nitrogens with two attached hydrogens (primary N) is 1. The summed E-state index contributed by atoms with van der Waals surface area (Å²) in [6.07, 6.45) is -0.772. The summed E-state index contributed by atoms with van der Waals surface area (Å²) < 4.78 is 68.7. The molecule has 0 radical (unpaired) electrons. The molecule has 5 rings (SSSR count). The van der Waals surface area contributed by atoms with Gasteiger partial charge in [0, 0.05) is 19.5 Å². The molecule has 3 atom stereocenters. The Labute approximate surface area is 261 Å². The quantitative estimate of drug-likeness (QED) is 0.287. The van der Waals surface area contributed by atoms with Crippen LogP contribution in [0.2, 0.25) is 0 Å². The average Bonchev–Trinajstić information content (AvgIpc) is 3.01. The topological polar surface area (TPSA) is 122 Å². The molecule has 240 valence electrons. The highest BCUT2D eigenvalue weighted by Gasteiger charge is 2.33. The normalized spacial score (nSPS) is 19.8. The van der Waals surface area contributed by atoms with Crippen molar-refractivity contribution in [2.24, 2.45) is 11.7 Å². The van der Waals surface area contributed by atoms with Crippen molar-refractivity contribution in [1.82, 2.24) is 14.9 Å². The molecule has 1 saturated heterocycles. The van der Waals surface area contributed by atoms with E-state index in [0.717, 1.165) is 73.5 Å². The molecule has 12 heteroatoms. The number of rotatable bonds is 10. The lowest BCUT2D eigenvalue weighted by Crippen LogP contribution is -2.40. The fraction of sp³-hybridized carbons (Fsp3) is 0.394. The third kappa shape index (κ3) is 8.30. The lowest BCUT2D eigenvalue weighted by Gasteiger charge is -2.32. The highest BCUT2D eigenvalue weighted by molar-refractivity contribution is 7.89. The first-order chi connectivity index (χ1) is 21.4. The molecule has 3 aromatic rings. The molecule has 2 aliphatic rings. The van der Waals surface area contributed by atoms with Crippen LogP contribution >= 0.6 is 0 Å². The smallest absolute Gasteiger partial charge is 0.369 e. The highest BCUT2D eigenvalue weighted by atomic mass is 32.2. The lowest BCUT2D eigenvalue weighted by atomic mass is 9.86. The maximum absolute atomic E-state index is 13.4. The first kappa shape index (κ1) is 32.6. The monoisotopic (exact) mass is 642 g/mol. The van der Waals surface area contributed by atoms with Crippen molar-refractivity contribution in [1.29, 1.82) is 0 Å². The van der Waals surface area contributed by atoms with Crippen LogP contribution in [0.3, 0.4) is 0 Å². The summed E-state index contributed by atoms with van der Waals surface area (Å²) in [6.45, 7) is 2.25. The van der Waals surface area contributed by atoms with Gasteiger partial charge in [-0.3, -0.25) is 14.5 Å². The van der Waals surface area contributed by atoms with Crippen molar-refractivity contribution in [3.05, 3.63) is 101 Å². The Morgan fingerprint density at radius 3 is 2.49 bits per heavy atom. The standard InChI is InChI=1S/C33H37F3N4O4S/c34-33(35,36)26-11-5-12-27(18-26)45(43,44)39-30(23-7-2-1-3-8-23)19-31(41)38-29-13-4-9-24-17-22(14-15-28(24)29)20-40-16-6-10-25(21-40)32(37)42/h1-3,5,7-8,11-12,14-15,17-18,25,29-30,39H,4,6,9-10,13,16,19-21H2,(H2,37,42)(H,38,41)/t25?,29-,30-/m1/s1. The van der Waals surface area contributed by atoms with E-state index in [1.807, 2.05) is 12.1 Å². The number of aryl methyl sites for hydroxylation is 1. The number of halogens is 3. The van der Waals surface area contributed by atoms with E-state index >= 15 is 0 Å². The van der Waals surface area contributed by atoms with Crippen LogP contribution in [-0.4, -0.2) is 38.2 Å². The Kier molecular flexibility index (Phi) is 9.95. The van der Waals surface area contributed by atoms with E-state index in [9.17, 15) is 31.2 Å². The maximum Gasteiger partial charge on any atom is 0.416 e. The molecule has 1 heterocycles. The maximum atomic E-state index is 13.4. The van der Waals surface area contributed by atoms with E-state index in [0.29, 0.717) is 24.7 Å². The van der Waals surface area contributed by atoms with Gasteiger partial charge in [-0.1, -0.05) is 54.6 Å². The first-order valence-electron chi connectivity index (χ1n) is 15.1. The van der Waals surface area contributed by atoms with Gasteiger partial charge in [0.05, 0.1) is 28.5 Å². The fourth-order valence-electron chi connectivity index (χ4n) is 6.25. The molecule has 8 nitrogen and oxygen atoms in total. The minimum absolute atomic E-state index is 0.134. The molecule has 2 amide bonds. The van der Waals surface area contributed by atoms with E-state index in [-0.39, 0.29) is 30.2 Å². The largest absolute Gasteiger partial charge is 0.416 e. The van der Waals surface area contributed by atoms with Gasteiger partial charge in [0.25, 0.3) is 0 Å². The van der Waals surface area contributed by atoms with E-state index in [1.54, 1.807) is 30.3 Å². The summed E-state index contributed by atoms with van der Waals surface area (Å²) in [7, 11) is -4.40. The van der Waals surface area contributed by atoms with E-state index in [1.165, 1.54) is 0 Å². The van der Waals surface area contributed by atoms with E-state index in [4.69, 9.17) is 5.73 Å². The van der Waals surface area contributed by atoms with Crippen LogP contribution in [0.5, 0.6) is 0 Å². The number of primary amides is 1. The van der Waals surface area contributed by atoms with Crippen LogP contribution in [0.25, 0.3) is 0 Å². The van der Waals surface area contributed by atoms with Crippen LogP contribution in [0.4, 0.5) is 13.2 Å². The summed E-state index contributed by atoms with van der Waals surface area (Å²) in [5.41, 5.74) is 8.23. The Morgan fingerprint density at radius 2 is 1.76 bits per heavy atom. The van der Waals surface area contributed by atoms with Crippen LogP contribution in [0, 0.1) is 5.92 Å². The molecule has 0 saturated carbocycles. The number of hydrogen-bond donors (Lipinski definition) is 3. The number of alkyl halides is 3. The molecule has 4 N–H and O–H groups in total. The summed E-state index contributed by atoms with van der Waals surface area (Å²) in [4.78, 5) is 26.8. The number of benzene rings is 3. The number of hydrogen-bond acceptors (Lipinski definition) is 5. The van der Waals surface area contributed by atoms with Crippen molar-refractivity contribution in [2.45, 2.75) is 68.2 Å². The number of likely N-dealkylation sites (tertiary alicyclic amines) is 1. The zero-order valence-electron chi connectivity index (χ0n) is 24.7. The SMILES string of the molecule is NC(=O)C1CCCN(Cc2ccc3c(c2)CCC[C@H]3NC(=O)C[C@@H](NS(=O)(=O)c2cccc(C(F)(F)F)c2)c2ccccc2)C1. The number of carbonyl (C=O) groups is 2. The van der Waals surface area contributed by atoms with Gasteiger partial charge in [0.2, 0.25) is 21.8 Å². The van der Waals surface area contributed by atoms with Crippen LogP contribution in [0.15, 0.2) is 77.7 Å². The highest BCUT2D eigenvalue weighted by Crippen LogP contribution is 2.33. The summed E-state index contributed by atoms with van der Waals surface area (Å²) in [5, 5.41) is 3.06. The van der Waals surface area contributed by atoms with Crippen LogP contribution in [0.1, 0.15) is 72.0 Å². The van der Waals surface area contributed by atoms with Gasteiger partial charge in [-0.15, -0.1) is 0 Å². The number of amides is 2. The van der Waals surface area contributed by atoms with Crippen molar-refractivity contribution in [3.63, 3.8) is 0 Å². The number of nitrogens with one attached hydrogen (secondary N) is 2. The van der Waals surface area contributed by atoms with Gasteiger partial charge in [-0.25, -0.2) is 13.1 Å². The molecule has 45 heavy (non-hydrogen) atoms. The minimum Gasteiger partial charge on any atom is -0.369 e. The van der Waals surface area contributed by atoms with Crippen LogP contribution < -0.4 is 15.8 Å². The van der Waals surface area contributed by atoms with E-state index < -0.39 is 32.7 Å². The molecular formula is C33H37F3N4O4S. The number of nitrogens with zero attached hydrogens (tertiary/aromatic N) is 1. The third-order valence-corrected chi connectivity index (χ3v) is 10.0. The van der Waals surface area contributed by atoms with E-state index in [2.05, 4.69) is 21.0 Å². The number of piperidine rings is 1. The number of sulfonamides is 1. The Bertz CT molecular complexity index is 1630. The van der Waals surface area contributed by atoms with Gasteiger partial charge >= 0.3 is 6.18 Å². The molecule has 0 aromatic heterocycles. The minimum atomic E-state index is -4.71. The predicted octanol–water partition coefficient (Wildman–Crippen LogP) is 5.01. The summed E-state index contributed by atoms with van der Waals surface area (Å²) >= 11 is 0. The second kappa shape index (κ2) is 13.7. The number of fused-ring (bicyclic) bond motifs is 1. The second-order valence-corrected chi connectivity index (χ2v) is 13.6. The Morgan fingerprint density at radius 1 is 0.978 bits per heavy atom. The second-order valence-electron chi connectivity index (χ2n) is 11.8. The van der Waals surface area contributed by atoms with Crippen molar-refractivity contribution in [2.75, 3.05) is 13.1 Å². The van der Waals surface area contributed by atoms with Gasteiger partial charge in [-0.2, -0.15) is 13.2 Å². The summed E-state index contributed by atoms with van der Waals surface area (Å²) in [6, 6.07) is 16.9. The average molecular weight is 643 g/mol. The predicted molar refractivity (Wildman–Crippen MR) is 163 cm³/mol. The molecule has 1 unspecified atom stereocenters. The molecule has 1 aliphatic heterocycles. The molecule has 1 fully saturated rings. The van der Waals surface area contributed by atoms with Gasteiger partial charge in [0.15, 0.2) is 0 Å². The molecule has 0 bridgehead atoms. The van der Waals surface area contributed by atoms with Gasteiger partial charge < -0.3 is 11.1 Å². The van der Waals surface area contributed by atoms with Gasteiger partial charge in [0.1, 0.15) is 0 Å². The molecule has 1 aliphatic carbocycles. The fourth-order valence-corrected chi connectivity index (χ4v) is 7.52. The molecule has 0 spiro atoms. The Balaban J connectivity index is 1.29. The van der Waals surface area contributed by atoms with Crippen molar-refractivity contribution < 1.29 is 31.2 Å². The first-order valence-corrected chi connectivity index (χ1v) is 16.5. The molecular weight excluding hydrogens is 605 g/mol. The number of carbonyl (C=O) groups excluding carboxylic acids is 2. The van der Waals surface area contributed by atoms with Gasteiger partial charge in [-0.05, 0) is 79.1 Å². The zero-order chi connectivity index (χ0) is 32.2. The zero-order valence-corrected chi connectivity index (χ0v) is 25.5. The van der Waals surface area contributed by atoms with Crippen molar-refractivity contribution in [3.8, 4) is 0 Å². The van der Waals surface area contributed by atoms with Crippen molar-refractivity contribution >= 4 is 21.8 Å². The van der Waals surface area contributed by atoms with Crippen LogP contribution in [-0.2, 0) is 38.8 Å². The molecule has 3 aromatic carbocycles. The third-order valence-electron chi connectivity index (χ3n) is 8.53.